The quantitative estimate of drug-likeness (QED) is 0.283. The minimum absolute atomic E-state index is 0. The summed E-state index contributed by atoms with van der Waals surface area (Å²) in [5.41, 5.74) is 0.855. The Bertz CT molecular complexity index is 682. The Labute approximate surface area is 198 Å². The molecule has 3 N–H and O–H groups in total. The SMILES string of the molecule is CCNC(=NCc1ccnc(N2CCN(CC)CC2)c1)NCC(=O)NC(C)(C)C.I. The van der Waals surface area contributed by atoms with Crippen molar-refractivity contribution in [3.05, 3.63) is 23.9 Å². The lowest BCUT2D eigenvalue weighted by atomic mass is 10.1. The van der Waals surface area contributed by atoms with Crippen molar-refractivity contribution in [1.82, 2.24) is 25.8 Å². The van der Waals surface area contributed by atoms with E-state index in [0.29, 0.717) is 12.5 Å². The first-order valence-corrected chi connectivity index (χ1v) is 10.6. The zero-order valence-electron chi connectivity index (χ0n) is 19.0. The average molecular weight is 531 g/mol. The number of piperazine rings is 1. The Hall–Kier alpha value is -1.62. The van der Waals surface area contributed by atoms with Gasteiger partial charge in [0.2, 0.25) is 5.91 Å². The Morgan fingerprint density at radius 3 is 2.47 bits per heavy atom. The molecule has 8 nitrogen and oxygen atoms in total. The normalized spacial score (nSPS) is 15.4. The minimum atomic E-state index is -0.246. The third-order valence-corrected chi connectivity index (χ3v) is 4.65. The van der Waals surface area contributed by atoms with Crippen LogP contribution in [0.3, 0.4) is 0 Å². The lowest BCUT2D eigenvalue weighted by molar-refractivity contribution is -0.121. The van der Waals surface area contributed by atoms with E-state index in [4.69, 9.17) is 0 Å². The summed E-state index contributed by atoms with van der Waals surface area (Å²) in [4.78, 5) is 26.0. The van der Waals surface area contributed by atoms with Crippen molar-refractivity contribution < 1.29 is 4.79 Å². The smallest absolute Gasteiger partial charge is 0.239 e. The van der Waals surface area contributed by atoms with E-state index >= 15 is 0 Å². The Kier molecular flexibility index (Phi) is 11.4. The van der Waals surface area contributed by atoms with Gasteiger partial charge in [0.15, 0.2) is 5.96 Å². The molecule has 1 saturated heterocycles. The van der Waals surface area contributed by atoms with Crippen LogP contribution in [0.1, 0.15) is 40.2 Å². The number of carbonyl (C=O) groups is 1. The molecule has 1 amide bonds. The summed E-state index contributed by atoms with van der Waals surface area (Å²) in [6, 6.07) is 4.10. The van der Waals surface area contributed by atoms with Gasteiger partial charge in [-0.1, -0.05) is 6.92 Å². The van der Waals surface area contributed by atoms with E-state index in [1.165, 1.54) is 0 Å². The number of rotatable bonds is 7. The number of aliphatic imine (C=N–C) groups is 1. The van der Waals surface area contributed by atoms with E-state index in [2.05, 4.69) is 48.7 Å². The van der Waals surface area contributed by atoms with Crippen LogP contribution >= 0.6 is 24.0 Å². The Morgan fingerprint density at radius 2 is 1.87 bits per heavy atom. The highest BCUT2D eigenvalue weighted by atomic mass is 127. The fourth-order valence-corrected chi connectivity index (χ4v) is 3.16. The summed E-state index contributed by atoms with van der Waals surface area (Å²) in [6.07, 6.45) is 1.85. The van der Waals surface area contributed by atoms with E-state index < -0.39 is 0 Å². The maximum atomic E-state index is 12.0. The number of anilines is 1. The first-order chi connectivity index (χ1) is 13.8. The molecule has 1 aromatic rings. The summed E-state index contributed by atoms with van der Waals surface area (Å²) < 4.78 is 0. The number of nitrogens with one attached hydrogen (secondary N) is 3. The van der Waals surface area contributed by atoms with Crippen LogP contribution in [0.15, 0.2) is 23.3 Å². The molecule has 2 rings (SSSR count). The number of aromatic nitrogens is 1. The minimum Gasteiger partial charge on any atom is -0.357 e. The van der Waals surface area contributed by atoms with Crippen molar-refractivity contribution in [3.63, 3.8) is 0 Å². The molecule has 0 radical (unpaired) electrons. The van der Waals surface area contributed by atoms with Crippen LogP contribution in [-0.4, -0.2) is 73.1 Å². The predicted molar refractivity (Wildman–Crippen MR) is 135 cm³/mol. The maximum absolute atomic E-state index is 12.0. The molecule has 0 bridgehead atoms. The van der Waals surface area contributed by atoms with Crippen molar-refractivity contribution in [2.24, 2.45) is 4.99 Å². The van der Waals surface area contributed by atoms with Crippen LogP contribution in [0, 0.1) is 0 Å². The van der Waals surface area contributed by atoms with Gasteiger partial charge in [-0.2, -0.15) is 0 Å². The maximum Gasteiger partial charge on any atom is 0.239 e. The van der Waals surface area contributed by atoms with E-state index in [1.807, 2.05) is 40.0 Å². The molecule has 30 heavy (non-hydrogen) atoms. The number of carbonyl (C=O) groups excluding carboxylic acids is 1. The molecule has 0 aromatic carbocycles. The van der Waals surface area contributed by atoms with Gasteiger partial charge in [-0.05, 0) is 51.9 Å². The zero-order valence-corrected chi connectivity index (χ0v) is 21.3. The van der Waals surface area contributed by atoms with Gasteiger partial charge in [-0.3, -0.25) is 4.79 Å². The molecule has 170 valence electrons. The van der Waals surface area contributed by atoms with Crippen molar-refractivity contribution in [3.8, 4) is 0 Å². The fourth-order valence-electron chi connectivity index (χ4n) is 3.16. The molecule has 0 saturated carbocycles. The van der Waals surface area contributed by atoms with Crippen molar-refractivity contribution in [1.29, 1.82) is 0 Å². The van der Waals surface area contributed by atoms with Crippen molar-refractivity contribution in [2.45, 2.75) is 46.7 Å². The monoisotopic (exact) mass is 531 g/mol. The van der Waals surface area contributed by atoms with Crippen molar-refractivity contribution >= 4 is 41.7 Å². The predicted octanol–water partition coefficient (Wildman–Crippen LogP) is 1.81. The molecule has 1 aromatic heterocycles. The highest BCUT2D eigenvalue weighted by Gasteiger charge is 2.17. The standard InChI is InChI=1S/C21H37N7O.HI/c1-6-22-20(25-16-19(29)26-21(3,4)5)24-15-17-8-9-23-18(14-17)28-12-10-27(7-2)11-13-28;/h8-9,14H,6-7,10-13,15-16H2,1-5H3,(H,26,29)(H2,22,24,25);1H. The second-order valence-corrected chi connectivity index (χ2v) is 8.29. The van der Waals surface area contributed by atoms with E-state index in [9.17, 15) is 4.79 Å². The molecule has 1 fully saturated rings. The van der Waals surface area contributed by atoms with E-state index in [0.717, 1.165) is 50.6 Å². The van der Waals surface area contributed by atoms with Crippen LogP contribution in [0.25, 0.3) is 0 Å². The van der Waals surface area contributed by atoms with Gasteiger partial charge in [-0.15, -0.1) is 24.0 Å². The van der Waals surface area contributed by atoms with E-state index in [-0.39, 0.29) is 42.0 Å². The van der Waals surface area contributed by atoms with Crippen molar-refractivity contribution in [2.75, 3.05) is 50.7 Å². The van der Waals surface area contributed by atoms with Gasteiger partial charge in [-0.25, -0.2) is 9.98 Å². The largest absolute Gasteiger partial charge is 0.357 e. The van der Waals surface area contributed by atoms with Crippen LogP contribution in [0.2, 0.25) is 0 Å². The summed E-state index contributed by atoms with van der Waals surface area (Å²) in [5, 5.41) is 9.23. The molecule has 0 unspecified atom stereocenters. The number of likely N-dealkylation sites (N-methyl/N-ethyl adjacent to an activating group) is 1. The third-order valence-electron chi connectivity index (χ3n) is 4.65. The molecule has 0 atom stereocenters. The van der Waals surface area contributed by atoms with Crippen LogP contribution in [-0.2, 0) is 11.3 Å². The first-order valence-electron chi connectivity index (χ1n) is 10.6. The second kappa shape index (κ2) is 12.9. The fraction of sp³-hybridized carbons (Fsp3) is 0.667. The molecular weight excluding hydrogens is 493 g/mol. The zero-order chi connectivity index (χ0) is 21.3. The number of hydrogen-bond acceptors (Lipinski definition) is 5. The van der Waals surface area contributed by atoms with Gasteiger partial charge in [0.25, 0.3) is 0 Å². The van der Waals surface area contributed by atoms with Crippen LogP contribution in [0.5, 0.6) is 0 Å². The number of hydrogen-bond donors (Lipinski definition) is 3. The number of pyridine rings is 1. The molecule has 0 spiro atoms. The van der Waals surface area contributed by atoms with Gasteiger partial charge in [0, 0.05) is 44.5 Å². The molecule has 0 aliphatic carbocycles. The Morgan fingerprint density at radius 1 is 1.17 bits per heavy atom. The second-order valence-electron chi connectivity index (χ2n) is 8.29. The number of guanidine groups is 1. The molecular formula is C21H38IN7O. The van der Waals surface area contributed by atoms with Gasteiger partial charge in [0.1, 0.15) is 5.82 Å². The number of amides is 1. The third kappa shape index (κ3) is 9.46. The highest BCUT2D eigenvalue weighted by molar-refractivity contribution is 14.0. The van der Waals surface area contributed by atoms with Gasteiger partial charge < -0.3 is 25.8 Å². The van der Waals surface area contributed by atoms with Gasteiger partial charge in [0.05, 0.1) is 13.1 Å². The lowest BCUT2D eigenvalue weighted by Crippen LogP contribution is -2.48. The molecule has 1 aliphatic heterocycles. The molecule has 1 aliphatic rings. The van der Waals surface area contributed by atoms with Crippen LogP contribution < -0.4 is 20.9 Å². The topological polar surface area (TPSA) is 84.9 Å². The number of halogens is 1. The van der Waals surface area contributed by atoms with Crippen LogP contribution in [0.4, 0.5) is 5.82 Å². The summed E-state index contributed by atoms with van der Waals surface area (Å²) >= 11 is 0. The lowest BCUT2D eigenvalue weighted by Gasteiger charge is -2.34. The summed E-state index contributed by atoms with van der Waals surface area (Å²) in [5.74, 6) is 1.59. The summed E-state index contributed by atoms with van der Waals surface area (Å²) in [7, 11) is 0. The average Bonchev–Trinajstić information content (AvgIpc) is 2.69. The molecule has 2 heterocycles. The highest BCUT2D eigenvalue weighted by Crippen LogP contribution is 2.15. The van der Waals surface area contributed by atoms with Gasteiger partial charge >= 0.3 is 0 Å². The first kappa shape index (κ1) is 26.4. The van der Waals surface area contributed by atoms with E-state index in [1.54, 1.807) is 0 Å². The Balaban J connectivity index is 0.00000450. The number of nitrogens with zero attached hydrogens (tertiary/aromatic N) is 4. The summed E-state index contributed by atoms with van der Waals surface area (Å²) in [6.45, 7) is 16.8. The molecule has 9 heteroatoms.